The normalized spacial score (nSPS) is 8.06. The van der Waals surface area contributed by atoms with Crippen molar-refractivity contribution < 1.29 is 42.1 Å². The number of aliphatic carboxylic acids is 1. The van der Waals surface area contributed by atoms with Gasteiger partial charge in [0.05, 0.1) is 0 Å². The summed E-state index contributed by atoms with van der Waals surface area (Å²) in [6, 6.07) is -0.917. The van der Waals surface area contributed by atoms with Crippen LogP contribution in [0.5, 0.6) is 0 Å². The van der Waals surface area contributed by atoms with Gasteiger partial charge in [-0.05, 0) is 18.4 Å². The average Bonchev–Trinajstić information content (AvgIpc) is 1.97. The van der Waals surface area contributed by atoms with Crippen LogP contribution in [0.2, 0.25) is 0 Å². The van der Waals surface area contributed by atoms with E-state index in [1.807, 2.05) is 6.26 Å². The average molecular weight is 265 g/mol. The summed E-state index contributed by atoms with van der Waals surface area (Å²) in [7, 11) is 0. The van der Waals surface area contributed by atoms with E-state index in [0.717, 1.165) is 0 Å². The molecule has 0 saturated heterocycles. The third-order valence-electron chi connectivity index (χ3n) is 1.09. The summed E-state index contributed by atoms with van der Waals surface area (Å²) in [5, 5.41) is 8.45. The van der Waals surface area contributed by atoms with Crippen LogP contribution in [0.3, 0.4) is 0 Å². The van der Waals surface area contributed by atoms with Gasteiger partial charge in [-0.3, -0.25) is 0 Å². The van der Waals surface area contributed by atoms with Crippen LogP contribution in [0, 0.1) is 0 Å². The Morgan fingerprint density at radius 2 is 1.75 bits per heavy atom. The molecular weight excluding hydrogens is 246 g/mol. The fourth-order valence-corrected chi connectivity index (χ4v) is 0.995. The monoisotopic (exact) mass is 265 g/mol. The molecule has 0 aliphatic carbocycles. The molecule has 16 heavy (non-hydrogen) atoms. The molecule has 9 nitrogen and oxygen atoms in total. The van der Waals surface area contributed by atoms with Crippen molar-refractivity contribution in [3.8, 4) is 0 Å². The molecule has 0 aliphatic rings. The van der Waals surface area contributed by atoms with Crippen molar-refractivity contribution in [1.82, 2.24) is 0 Å². The number of carbonyl (C=O) groups excluding carboxylic acids is 1. The summed E-state index contributed by atoms with van der Waals surface area (Å²) in [4.78, 5) is 23.2. The van der Waals surface area contributed by atoms with Gasteiger partial charge in [-0.15, -0.1) is 0 Å². The number of isocyanates is 1. The molecule has 0 heterocycles. The topological polar surface area (TPSA) is 224 Å². The molecule has 0 aromatic rings. The lowest BCUT2D eigenvalue weighted by molar-refractivity contribution is -0.138. The number of nitrogens with zero attached hydrogens (tertiary/aromatic N) is 1. The molecule has 10 heteroatoms. The van der Waals surface area contributed by atoms with Gasteiger partial charge in [-0.25, -0.2) is 9.59 Å². The van der Waals surface area contributed by atoms with Crippen molar-refractivity contribution in [2.75, 3.05) is 12.0 Å². The van der Waals surface area contributed by atoms with Crippen LogP contribution in [0.4, 0.5) is 0 Å². The Balaban J connectivity index is -0.0000000500. The number of hydrogen-bond donors (Lipinski definition) is 1. The molecule has 1 atom stereocenters. The molecule has 102 valence electrons. The minimum absolute atomic E-state index is 0. The Bertz CT molecular complexity index is 181. The van der Waals surface area contributed by atoms with Gasteiger partial charge in [0.25, 0.3) is 0 Å². The molecule has 0 spiro atoms. The molecule has 0 aliphatic heterocycles. The third-order valence-corrected chi connectivity index (χ3v) is 1.73. The van der Waals surface area contributed by atoms with E-state index >= 15 is 0 Å². The van der Waals surface area contributed by atoms with E-state index in [1.165, 1.54) is 17.8 Å². The van der Waals surface area contributed by atoms with E-state index in [9.17, 15) is 9.59 Å². The second-order valence-corrected chi connectivity index (χ2v) is 2.84. The second-order valence-electron chi connectivity index (χ2n) is 1.86. The van der Waals surface area contributed by atoms with Crippen LogP contribution in [0.15, 0.2) is 4.99 Å². The van der Waals surface area contributed by atoms with Gasteiger partial charge >= 0.3 is 5.97 Å². The van der Waals surface area contributed by atoms with Crippen molar-refractivity contribution in [1.29, 1.82) is 0 Å². The predicted octanol–water partition coefficient (Wildman–Crippen LogP) is -3.60. The highest BCUT2D eigenvalue weighted by Gasteiger charge is 2.14. The lowest BCUT2D eigenvalue weighted by Gasteiger charge is -2.01. The van der Waals surface area contributed by atoms with Gasteiger partial charge in [0.1, 0.15) is 0 Å². The fourth-order valence-electron chi connectivity index (χ4n) is 0.536. The molecular formula is C6H19NO8S. The molecule has 0 aromatic heterocycles. The number of hydrogen-bond acceptors (Lipinski definition) is 4. The Morgan fingerprint density at radius 1 is 1.31 bits per heavy atom. The number of thioether (sulfide) groups is 1. The van der Waals surface area contributed by atoms with Gasteiger partial charge in [0.15, 0.2) is 6.04 Å². The largest absolute Gasteiger partial charge is 0.480 e. The quantitative estimate of drug-likeness (QED) is 0.392. The zero-order valence-corrected chi connectivity index (χ0v) is 9.43. The smallest absolute Gasteiger partial charge is 0.329 e. The predicted molar refractivity (Wildman–Crippen MR) is 60.6 cm³/mol. The van der Waals surface area contributed by atoms with E-state index in [-0.39, 0.29) is 27.4 Å². The molecule has 0 amide bonds. The summed E-state index contributed by atoms with van der Waals surface area (Å²) in [5.74, 6) is -0.385. The second kappa shape index (κ2) is 23.7. The number of rotatable bonds is 5. The van der Waals surface area contributed by atoms with E-state index < -0.39 is 12.0 Å². The zero-order chi connectivity index (χ0) is 8.69. The zero-order valence-electron chi connectivity index (χ0n) is 8.61. The number of aliphatic imine (C=N–C) groups is 1. The van der Waals surface area contributed by atoms with Gasteiger partial charge < -0.3 is 32.5 Å². The Labute approximate surface area is 96.1 Å². The van der Waals surface area contributed by atoms with Crippen molar-refractivity contribution >= 4 is 23.8 Å². The van der Waals surface area contributed by atoms with Crippen molar-refractivity contribution in [3.05, 3.63) is 0 Å². The van der Waals surface area contributed by atoms with Crippen LogP contribution in [-0.4, -0.2) is 62.6 Å². The first-order valence-corrected chi connectivity index (χ1v) is 4.40. The van der Waals surface area contributed by atoms with E-state index in [0.29, 0.717) is 12.2 Å². The SMILES string of the molecule is CSCCC(N=C=O)C(=O)O.O.O.O.O.O. The van der Waals surface area contributed by atoms with Crippen LogP contribution in [0.1, 0.15) is 6.42 Å². The first-order valence-electron chi connectivity index (χ1n) is 3.01. The lowest BCUT2D eigenvalue weighted by atomic mass is 10.2. The fraction of sp³-hybridized carbons (Fsp3) is 0.667. The summed E-state index contributed by atoms with van der Waals surface area (Å²) >= 11 is 1.52. The molecule has 0 fully saturated rings. The Kier molecular flexibility index (Phi) is 53.7. The molecule has 0 rings (SSSR count). The lowest BCUT2D eigenvalue weighted by Crippen LogP contribution is -2.18. The summed E-state index contributed by atoms with van der Waals surface area (Å²) in [5.41, 5.74) is 0. The maximum absolute atomic E-state index is 10.3. The standard InChI is InChI=1S/C6H9NO3S.5H2O/c1-11-3-2-5(6(9)10)7-4-8;;;;;/h5H,2-3H2,1H3,(H,9,10);5*1H2. The van der Waals surface area contributed by atoms with Crippen LogP contribution in [-0.2, 0) is 9.59 Å². The minimum atomic E-state index is -1.07. The van der Waals surface area contributed by atoms with Gasteiger partial charge in [0.2, 0.25) is 6.08 Å². The molecule has 0 aromatic carbocycles. The highest BCUT2D eigenvalue weighted by atomic mass is 32.2. The van der Waals surface area contributed by atoms with E-state index in [4.69, 9.17) is 5.11 Å². The molecule has 0 radical (unpaired) electrons. The maximum atomic E-state index is 10.3. The van der Waals surface area contributed by atoms with E-state index in [1.54, 1.807) is 0 Å². The molecule has 11 N–H and O–H groups in total. The third kappa shape index (κ3) is 18.7. The summed E-state index contributed by atoms with van der Waals surface area (Å²) < 4.78 is 0. The molecule has 0 bridgehead atoms. The van der Waals surface area contributed by atoms with Crippen molar-refractivity contribution in [2.24, 2.45) is 4.99 Å². The first-order chi connectivity index (χ1) is 5.22. The number of carboxylic acid groups (broad SMARTS) is 1. The highest BCUT2D eigenvalue weighted by molar-refractivity contribution is 7.98. The van der Waals surface area contributed by atoms with Gasteiger partial charge in [-0.1, -0.05) is 0 Å². The van der Waals surface area contributed by atoms with Crippen LogP contribution >= 0.6 is 11.8 Å². The van der Waals surface area contributed by atoms with Gasteiger partial charge in [0, 0.05) is 0 Å². The number of carboxylic acids is 1. The highest BCUT2D eigenvalue weighted by Crippen LogP contribution is 2.03. The minimum Gasteiger partial charge on any atom is -0.480 e. The van der Waals surface area contributed by atoms with Crippen LogP contribution in [0.25, 0.3) is 0 Å². The van der Waals surface area contributed by atoms with Gasteiger partial charge in [-0.2, -0.15) is 16.8 Å². The van der Waals surface area contributed by atoms with Crippen molar-refractivity contribution in [3.63, 3.8) is 0 Å². The molecule has 1 unspecified atom stereocenters. The summed E-state index contributed by atoms with van der Waals surface area (Å²) in [6.07, 6.45) is 3.49. The molecule has 0 saturated carbocycles. The van der Waals surface area contributed by atoms with Crippen LogP contribution < -0.4 is 0 Å². The van der Waals surface area contributed by atoms with E-state index in [2.05, 4.69) is 4.99 Å². The first kappa shape index (κ1) is 36.3. The summed E-state index contributed by atoms with van der Waals surface area (Å²) in [6.45, 7) is 0. The number of carbonyl (C=O) groups is 1. The van der Waals surface area contributed by atoms with Crippen molar-refractivity contribution in [2.45, 2.75) is 12.5 Å². The Morgan fingerprint density at radius 3 is 2.00 bits per heavy atom. The maximum Gasteiger partial charge on any atom is 0.329 e. The Hall–Kier alpha value is -1.00.